The zero-order valence-corrected chi connectivity index (χ0v) is 14.7. The number of amides is 1. The van der Waals surface area contributed by atoms with Gasteiger partial charge in [-0.3, -0.25) is 9.69 Å². The Kier molecular flexibility index (Phi) is 6.12. The van der Waals surface area contributed by atoms with Crippen LogP contribution in [-0.2, 0) is 11.2 Å². The van der Waals surface area contributed by atoms with Gasteiger partial charge in [-0.05, 0) is 39.4 Å². The minimum atomic E-state index is -0.273. The van der Waals surface area contributed by atoms with E-state index in [4.69, 9.17) is 5.73 Å². The minimum Gasteiger partial charge on any atom is -0.375 e. The van der Waals surface area contributed by atoms with Crippen LogP contribution < -0.4 is 11.1 Å². The summed E-state index contributed by atoms with van der Waals surface area (Å²) >= 11 is 1.45. The number of carbonyl (C=O) groups is 1. The van der Waals surface area contributed by atoms with Crippen LogP contribution in [0.1, 0.15) is 29.3 Å². The molecule has 1 aromatic carbocycles. The van der Waals surface area contributed by atoms with Crippen LogP contribution >= 0.6 is 11.3 Å². The number of nitrogens with one attached hydrogen (secondary N) is 1. The molecule has 124 valence electrons. The Labute approximate surface area is 141 Å². The number of rotatable bonds is 7. The quantitative estimate of drug-likeness (QED) is 0.764. The number of likely N-dealkylation sites (N-methyl/N-ethyl adjacent to an activating group) is 1. The monoisotopic (exact) mass is 332 g/mol. The summed E-state index contributed by atoms with van der Waals surface area (Å²) in [5, 5.41) is 5.58. The molecule has 0 radical (unpaired) electrons. The van der Waals surface area contributed by atoms with Crippen molar-refractivity contribution >= 4 is 22.4 Å². The molecule has 0 spiro atoms. The van der Waals surface area contributed by atoms with Crippen LogP contribution in [0, 0.1) is 6.92 Å². The van der Waals surface area contributed by atoms with E-state index in [2.05, 4.69) is 16.4 Å². The molecule has 5 nitrogen and oxygen atoms in total. The van der Waals surface area contributed by atoms with Crippen molar-refractivity contribution in [1.29, 1.82) is 0 Å². The van der Waals surface area contributed by atoms with E-state index in [0.717, 1.165) is 29.7 Å². The van der Waals surface area contributed by atoms with E-state index in [1.807, 2.05) is 49.5 Å². The highest BCUT2D eigenvalue weighted by Gasteiger charge is 2.22. The summed E-state index contributed by atoms with van der Waals surface area (Å²) in [5.74, 6) is 0.0263. The third-order valence-electron chi connectivity index (χ3n) is 3.60. The summed E-state index contributed by atoms with van der Waals surface area (Å²) in [6, 6.07) is 7.80. The second kappa shape index (κ2) is 8.08. The van der Waals surface area contributed by atoms with Gasteiger partial charge in [0.05, 0.1) is 5.69 Å². The predicted octanol–water partition coefficient (Wildman–Crippen LogP) is 2.39. The number of nitrogens with two attached hydrogens (primary N) is 1. The highest BCUT2D eigenvalue weighted by atomic mass is 32.1. The average Bonchev–Trinajstić information content (AvgIpc) is 2.89. The molecule has 1 amide bonds. The molecule has 3 N–H and O–H groups in total. The Balaban J connectivity index is 1.88. The number of nitrogen functional groups attached to an aromatic ring is 1. The fourth-order valence-corrected chi connectivity index (χ4v) is 3.14. The van der Waals surface area contributed by atoms with E-state index in [9.17, 15) is 4.79 Å². The molecular formula is C17H24N4OS. The maximum atomic E-state index is 12.5. The molecular weight excluding hydrogens is 308 g/mol. The fraction of sp³-hybridized carbons (Fsp3) is 0.412. The van der Waals surface area contributed by atoms with E-state index in [0.29, 0.717) is 11.7 Å². The number of carbonyl (C=O) groups excluding carboxylic acids is 1. The summed E-state index contributed by atoms with van der Waals surface area (Å²) in [7, 11) is 3.84. The van der Waals surface area contributed by atoms with E-state index in [1.165, 1.54) is 11.3 Å². The van der Waals surface area contributed by atoms with E-state index < -0.39 is 0 Å². The molecule has 2 aromatic rings. The molecule has 0 saturated carbocycles. The van der Waals surface area contributed by atoms with Gasteiger partial charge in [0, 0.05) is 11.9 Å². The third kappa shape index (κ3) is 5.04. The summed E-state index contributed by atoms with van der Waals surface area (Å²) in [6.45, 7) is 2.67. The van der Waals surface area contributed by atoms with Crippen molar-refractivity contribution in [3.63, 3.8) is 0 Å². The Morgan fingerprint density at radius 2 is 2.22 bits per heavy atom. The first-order valence-corrected chi connectivity index (χ1v) is 8.56. The lowest BCUT2D eigenvalue weighted by atomic mass is 10.0. The molecule has 0 bridgehead atoms. The third-order valence-corrected chi connectivity index (χ3v) is 4.32. The lowest BCUT2D eigenvalue weighted by Gasteiger charge is -2.24. The Morgan fingerprint density at radius 3 is 2.83 bits per heavy atom. The van der Waals surface area contributed by atoms with Crippen LogP contribution in [0.15, 0.2) is 29.6 Å². The Bertz CT molecular complexity index is 654. The van der Waals surface area contributed by atoms with Crippen LogP contribution in [0.4, 0.5) is 5.13 Å². The normalized spacial score (nSPS) is 12.3. The summed E-state index contributed by atoms with van der Waals surface area (Å²) in [6.07, 6.45) is 1.67. The standard InChI is InChI=1S/C17H24N4OS/c1-12-6-4-7-13(10-12)15(21(2)3)16(22)19-9-5-8-14-11-23-17(18)20-14/h4,6-7,10-11,15H,5,8-9H2,1-3H3,(H2,18,20)(H,19,22). The van der Waals surface area contributed by atoms with Crippen LogP contribution in [0.3, 0.4) is 0 Å². The molecule has 1 aromatic heterocycles. The SMILES string of the molecule is Cc1cccc(C(C(=O)NCCCc2csc(N)n2)N(C)C)c1. The second-order valence-electron chi connectivity index (χ2n) is 5.85. The van der Waals surface area contributed by atoms with E-state index in [-0.39, 0.29) is 11.9 Å². The number of aryl methyl sites for hydroxylation is 2. The van der Waals surface area contributed by atoms with E-state index >= 15 is 0 Å². The van der Waals surface area contributed by atoms with Crippen molar-refractivity contribution in [2.45, 2.75) is 25.8 Å². The maximum Gasteiger partial charge on any atom is 0.241 e. The molecule has 0 aliphatic rings. The van der Waals surface area contributed by atoms with Gasteiger partial charge in [-0.25, -0.2) is 4.98 Å². The van der Waals surface area contributed by atoms with E-state index in [1.54, 1.807) is 0 Å². The Morgan fingerprint density at radius 1 is 1.43 bits per heavy atom. The van der Waals surface area contributed by atoms with Gasteiger partial charge in [-0.2, -0.15) is 0 Å². The maximum absolute atomic E-state index is 12.5. The number of hydrogen-bond donors (Lipinski definition) is 2. The van der Waals surface area contributed by atoms with Crippen LogP contribution in [0.2, 0.25) is 0 Å². The van der Waals surface area contributed by atoms with Crippen LogP contribution in [-0.4, -0.2) is 36.4 Å². The van der Waals surface area contributed by atoms with Gasteiger partial charge in [-0.15, -0.1) is 11.3 Å². The smallest absolute Gasteiger partial charge is 0.241 e. The van der Waals surface area contributed by atoms with Crippen molar-refractivity contribution in [3.8, 4) is 0 Å². The van der Waals surface area contributed by atoms with Crippen LogP contribution in [0.5, 0.6) is 0 Å². The number of hydrogen-bond acceptors (Lipinski definition) is 5. The Hall–Kier alpha value is -1.92. The molecule has 1 heterocycles. The first kappa shape index (κ1) is 17.4. The number of benzene rings is 1. The molecule has 2 rings (SSSR count). The largest absolute Gasteiger partial charge is 0.375 e. The number of thiazole rings is 1. The summed E-state index contributed by atoms with van der Waals surface area (Å²) < 4.78 is 0. The molecule has 1 unspecified atom stereocenters. The van der Waals surface area contributed by atoms with Gasteiger partial charge in [0.2, 0.25) is 5.91 Å². The van der Waals surface area contributed by atoms with Crippen molar-refractivity contribution in [2.24, 2.45) is 0 Å². The van der Waals surface area contributed by atoms with Crippen molar-refractivity contribution in [1.82, 2.24) is 15.2 Å². The molecule has 1 atom stereocenters. The molecule has 23 heavy (non-hydrogen) atoms. The number of aromatic nitrogens is 1. The first-order chi connectivity index (χ1) is 11.0. The second-order valence-corrected chi connectivity index (χ2v) is 6.74. The zero-order valence-electron chi connectivity index (χ0n) is 13.9. The lowest BCUT2D eigenvalue weighted by molar-refractivity contribution is -0.125. The van der Waals surface area contributed by atoms with Crippen molar-refractivity contribution in [3.05, 3.63) is 46.5 Å². The molecule has 6 heteroatoms. The van der Waals surface area contributed by atoms with Gasteiger partial charge in [0.25, 0.3) is 0 Å². The number of nitrogens with zero attached hydrogens (tertiary/aromatic N) is 2. The topological polar surface area (TPSA) is 71.2 Å². The number of anilines is 1. The average molecular weight is 332 g/mol. The molecule has 0 saturated heterocycles. The fourth-order valence-electron chi connectivity index (χ4n) is 2.54. The molecule has 0 fully saturated rings. The van der Waals surface area contributed by atoms with Gasteiger partial charge >= 0.3 is 0 Å². The zero-order chi connectivity index (χ0) is 16.8. The highest BCUT2D eigenvalue weighted by molar-refractivity contribution is 7.13. The summed E-state index contributed by atoms with van der Waals surface area (Å²) in [5.41, 5.74) is 8.77. The van der Waals surface area contributed by atoms with Gasteiger partial charge in [0.15, 0.2) is 5.13 Å². The molecule has 0 aliphatic heterocycles. The minimum absolute atomic E-state index is 0.0263. The highest BCUT2D eigenvalue weighted by Crippen LogP contribution is 2.19. The van der Waals surface area contributed by atoms with Gasteiger partial charge in [0.1, 0.15) is 6.04 Å². The first-order valence-electron chi connectivity index (χ1n) is 7.68. The predicted molar refractivity (Wildman–Crippen MR) is 95.5 cm³/mol. The van der Waals surface area contributed by atoms with Gasteiger partial charge in [-0.1, -0.05) is 29.8 Å². The molecule has 0 aliphatic carbocycles. The van der Waals surface area contributed by atoms with Gasteiger partial charge < -0.3 is 11.1 Å². The summed E-state index contributed by atoms with van der Waals surface area (Å²) in [4.78, 5) is 18.7. The van der Waals surface area contributed by atoms with Crippen molar-refractivity contribution in [2.75, 3.05) is 26.4 Å². The van der Waals surface area contributed by atoms with Crippen LogP contribution in [0.25, 0.3) is 0 Å². The lowest BCUT2D eigenvalue weighted by Crippen LogP contribution is -2.37. The van der Waals surface area contributed by atoms with Crippen molar-refractivity contribution < 1.29 is 4.79 Å².